The minimum atomic E-state index is -1.07. The van der Waals surface area contributed by atoms with Gasteiger partial charge in [0.2, 0.25) is 0 Å². The van der Waals surface area contributed by atoms with Crippen LogP contribution in [0.15, 0.2) is 35.5 Å². The molecule has 0 aromatic carbocycles. The number of aliphatic hydroxyl groups is 1. The Labute approximate surface area is 133 Å². The van der Waals surface area contributed by atoms with Gasteiger partial charge < -0.3 is 5.11 Å². The van der Waals surface area contributed by atoms with Gasteiger partial charge in [-0.25, -0.2) is 24.3 Å². The summed E-state index contributed by atoms with van der Waals surface area (Å²) in [5.74, 6) is 0.545. The second-order valence-corrected chi connectivity index (χ2v) is 5.94. The first-order valence-electron chi connectivity index (χ1n) is 7.55. The summed E-state index contributed by atoms with van der Waals surface area (Å²) in [6.07, 6.45) is 3.73. The van der Waals surface area contributed by atoms with E-state index in [1.54, 1.807) is 35.3 Å². The summed E-state index contributed by atoms with van der Waals surface area (Å²) in [5.41, 5.74) is -0.165. The first-order chi connectivity index (χ1) is 10.9. The molecule has 23 heavy (non-hydrogen) atoms. The van der Waals surface area contributed by atoms with Gasteiger partial charge in [0.15, 0.2) is 11.5 Å². The van der Waals surface area contributed by atoms with Crippen molar-refractivity contribution in [2.75, 3.05) is 0 Å². The normalized spacial score (nSPS) is 12.0. The van der Waals surface area contributed by atoms with Crippen molar-refractivity contribution in [3.8, 4) is 5.82 Å². The zero-order valence-electron chi connectivity index (χ0n) is 13.4. The molecule has 0 aliphatic carbocycles. The topological polar surface area (TPSA) is 85.8 Å². The van der Waals surface area contributed by atoms with Gasteiger partial charge in [-0.1, -0.05) is 13.0 Å². The zero-order chi connectivity index (χ0) is 16.6. The van der Waals surface area contributed by atoms with Gasteiger partial charge in [-0.2, -0.15) is 0 Å². The molecule has 0 saturated carbocycles. The third-order valence-corrected chi connectivity index (χ3v) is 3.61. The fourth-order valence-electron chi connectivity index (χ4n) is 2.51. The van der Waals surface area contributed by atoms with Gasteiger partial charge in [-0.05, 0) is 32.4 Å². The van der Waals surface area contributed by atoms with E-state index >= 15 is 0 Å². The van der Waals surface area contributed by atoms with Crippen molar-refractivity contribution in [3.05, 3.63) is 46.8 Å². The van der Waals surface area contributed by atoms with E-state index in [1.165, 1.54) is 12.5 Å². The Morgan fingerprint density at radius 3 is 2.78 bits per heavy atom. The van der Waals surface area contributed by atoms with Crippen LogP contribution in [-0.2, 0) is 12.1 Å². The van der Waals surface area contributed by atoms with Crippen LogP contribution in [-0.4, -0.2) is 29.4 Å². The van der Waals surface area contributed by atoms with Crippen LogP contribution >= 0.6 is 0 Å². The van der Waals surface area contributed by atoms with Gasteiger partial charge in [0.25, 0.3) is 5.56 Å². The molecule has 7 nitrogen and oxygen atoms in total. The largest absolute Gasteiger partial charge is 0.384 e. The van der Waals surface area contributed by atoms with E-state index in [2.05, 4.69) is 15.0 Å². The number of pyridine rings is 1. The van der Waals surface area contributed by atoms with Crippen molar-refractivity contribution >= 4 is 11.0 Å². The van der Waals surface area contributed by atoms with Gasteiger partial charge >= 0.3 is 0 Å². The van der Waals surface area contributed by atoms with E-state index in [9.17, 15) is 9.90 Å². The van der Waals surface area contributed by atoms with Gasteiger partial charge in [-0.15, -0.1) is 0 Å². The summed E-state index contributed by atoms with van der Waals surface area (Å²) in [4.78, 5) is 25.3. The van der Waals surface area contributed by atoms with Crippen molar-refractivity contribution in [1.82, 2.24) is 24.3 Å². The number of rotatable bonds is 4. The van der Waals surface area contributed by atoms with Crippen LogP contribution in [0.3, 0.4) is 0 Å². The first kappa shape index (κ1) is 15.4. The first-order valence-corrected chi connectivity index (χ1v) is 7.55. The molecule has 7 heteroatoms. The molecular weight excluding hydrogens is 294 g/mol. The molecule has 0 aliphatic heterocycles. The molecular formula is C16H19N5O2. The zero-order valence-corrected chi connectivity index (χ0v) is 13.4. The molecule has 0 spiro atoms. The van der Waals surface area contributed by atoms with Gasteiger partial charge in [0.1, 0.15) is 17.3 Å². The molecule has 3 rings (SSSR count). The Balaban J connectivity index is 2.31. The third-order valence-electron chi connectivity index (χ3n) is 3.61. The minimum absolute atomic E-state index is 0.141. The molecule has 120 valence electrons. The van der Waals surface area contributed by atoms with Crippen LogP contribution in [0, 0.1) is 0 Å². The van der Waals surface area contributed by atoms with Gasteiger partial charge in [0.05, 0.1) is 5.69 Å². The Hall–Kier alpha value is -2.54. The molecule has 3 heterocycles. The van der Waals surface area contributed by atoms with Crippen molar-refractivity contribution in [2.45, 2.75) is 39.3 Å². The molecule has 0 fully saturated rings. The summed E-state index contributed by atoms with van der Waals surface area (Å²) in [6.45, 7) is 5.90. The molecule has 0 aliphatic rings. The Morgan fingerprint density at radius 1 is 1.30 bits per heavy atom. The van der Waals surface area contributed by atoms with Crippen molar-refractivity contribution in [3.63, 3.8) is 0 Å². The van der Waals surface area contributed by atoms with Crippen LogP contribution in [0.2, 0.25) is 0 Å². The number of hydrogen-bond donors (Lipinski definition) is 1. The highest BCUT2D eigenvalue weighted by Crippen LogP contribution is 2.20. The molecule has 1 N–H and O–H groups in total. The summed E-state index contributed by atoms with van der Waals surface area (Å²) in [6, 6.07) is 5.36. The highest BCUT2D eigenvalue weighted by atomic mass is 16.3. The monoisotopic (exact) mass is 313 g/mol. The van der Waals surface area contributed by atoms with Crippen molar-refractivity contribution in [1.29, 1.82) is 0 Å². The summed E-state index contributed by atoms with van der Waals surface area (Å²) in [5, 5.41) is 10.6. The van der Waals surface area contributed by atoms with Crippen molar-refractivity contribution in [2.24, 2.45) is 0 Å². The highest BCUT2D eigenvalue weighted by Gasteiger charge is 2.21. The van der Waals surface area contributed by atoms with E-state index < -0.39 is 5.60 Å². The fourth-order valence-corrected chi connectivity index (χ4v) is 2.51. The van der Waals surface area contributed by atoms with Gasteiger partial charge in [0, 0.05) is 12.7 Å². The van der Waals surface area contributed by atoms with Crippen LogP contribution in [0.5, 0.6) is 0 Å². The number of nitrogens with zero attached hydrogens (tertiary/aromatic N) is 5. The van der Waals surface area contributed by atoms with E-state index in [0.717, 1.165) is 6.42 Å². The molecule has 0 unspecified atom stereocenters. The van der Waals surface area contributed by atoms with Crippen LogP contribution in [0.4, 0.5) is 0 Å². The molecule has 3 aromatic heterocycles. The third kappa shape index (κ3) is 2.63. The molecule has 0 saturated heterocycles. The molecule has 0 atom stereocenters. The Kier molecular flexibility index (Phi) is 3.73. The van der Waals surface area contributed by atoms with Gasteiger partial charge in [-0.3, -0.25) is 4.79 Å². The Morgan fingerprint density at radius 2 is 2.09 bits per heavy atom. The second-order valence-electron chi connectivity index (χ2n) is 5.94. The maximum atomic E-state index is 12.6. The lowest BCUT2D eigenvalue weighted by Gasteiger charge is -2.18. The van der Waals surface area contributed by atoms with Crippen LogP contribution in [0.1, 0.15) is 32.9 Å². The van der Waals surface area contributed by atoms with E-state index in [-0.39, 0.29) is 5.56 Å². The quantitative estimate of drug-likeness (QED) is 0.791. The molecule has 0 bridgehead atoms. The standard InChI is InChI=1S/C16H19N5O2/c1-4-8-20-15(22)11-9-17-10-18-14(11)21(20)13-7-5-6-12(19-13)16(2,3)23/h5-7,9-10,23H,4,8H2,1-3H3. The number of hydrogen-bond acceptors (Lipinski definition) is 5. The summed E-state index contributed by atoms with van der Waals surface area (Å²) >= 11 is 0. The second kappa shape index (κ2) is 5.58. The lowest BCUT2D eigenvalue weighted by molar-refractivity contribution is 0.0738. The Bertz CT molecular complexity index is 905. The summed E-state index contributed by atoms with van der Waals surface area (Å²) < 4.78 is 3.30. The number of aromatic nitrogens is 5. The highest BCUT2D eigenvalue weighted by molar-refractivity contribution is 5.74. The average Bonchev–Trinajstić information content (AvgIpc) is 2.80. The molecule has 0 radical (unpaired) electrons. The van der Waals surface area contributed by atoms with Crippen molar-refractivity contribution < 1.29 is 5.11 Å². The smallest absolute Gasteiger partial charge is 0.278 e. The van der Waals surface area contributed by atoms with E-state index in [4.69, 9.17) is 0 Å². The van der Waals surface area contributed by atoms with Crippen LogP contribution in [0.25, 0.3) is 16.9 Å². The molecule has 3 aromatic rings. The fraction of sp³-hybridized carbons (Fsp3) is 0.375. The lowest BCUT2D eigenvalue weighted by atomic mass is 10.1. The predicted molar refractivity (Wildman–Crippen MR) is 86.5 cm³/mol. The van der Waals surface area contributed by atoms with Crippen LogP contribution < -0.4 is 5.56 Å². The van der Waals surface area contributed by atoms with E-state index in [1.807, 2.05) is 13.0 Å². The summed E-state index contributed by atoms with van der Waals surface area (Å²) in [7, 11) is 0. The molecule has 0 amide bonds. The SMILES string of the molecule is CCCn1c(=O)c2cncnc2n1-c1cccc(C(C)(C)O)n1. The maximum absolute atomic E-state index is 12.6. The van der Waals surface area contributed by atoms with E-state index in [0.29, 0.717) is 29.1 Å². The minimum Gasteiger partial charge on any atom is -0.384 e. The lowest BCUT2D eigenvalue weighted by Crippen LogP contribution is -2.24. The average molecular weight is 313 g/mol. The predicted octanol–water partition coefficient (Wildman–Crippen LogP) is 1.61. The maximum Gasteiger partial charge on any atom is 0.278 e. The number of fused-ring (bicyclic) bond motifs is 1.